The Labute approximate surface area is 196 Å². The van der Waals surface area contributed by atoms with E-state index >= 15 is 0 Å². The largest absolute Gasteiger partial charge is 0.466 e. The Morgan fingerprint density at radius 1 is 1.09 bits per heavy atom. The first-order valence-corrected chi connectivity index (χ1v) is 15.0. The number of amides is 1. The lowest BCUT2D eigenvalue weighted by molar-refractivity contribution is -0.143. The zero-order valence-electron chi connectivity index (χ0n) is 21.2. The number of nitrogens with zero attached hydrogens (tertiary/aromatic N) is 1. The molecule has 0 aliphatic carbocycles. The first kappa shape index (κ1) is 26.6. The number of benzene rings is 1. The Kier molecular flexibility index (Phi) is 9.52. The Balaban J connectivity index is 2.03. The summed E-state index contributed by atoms with van der Waals surface area (Å²) in [7, 11) is -1.86. The van der Waals surface area contributed by atoms with Crippen LogP contribution in [0.4, 0.5) is 0 Å². The first-order chi connectivity index (χ1) is 15.0. The molecule has 1 aliphatic heterocycles. The number of ether oxygens (including phenoxy) is 1. The molecule has 1 saturated heterocycles. The Bertz CT molecular complexity index is 771. The molecule has 1 amide bonds. The predicted octanol–water partition coefficient (Wildman–Crippen LogP) is 5.68. The van der Waals surface area contributed by atoms with Crippen molar-refractivity contribution in [1.29, 1.82) is 0 Å². The predicted molar refractivity (Wildman–Crippen MR) is 132 cm³/mol. The Hall–Kier alpha value is -1.66. The van der Waals surface area contributed by atoms with Gasteiger partial charge in [-0.15, -0.1) is 0 Å². The van der Waals surface area contributed by atoms with Gasteiger partial charge in [0.05, 0.1) is 6.61 Å². The minimum Gasteiger partial charge on any atom is -0.466 e. The molecule has 0 radical (unpaired) electrons. The minimum absolute atomic E-state index is 0.165. The molecule has 2 rings (SSSR count). The van der Waals surface area contributed by atoms with Gasteiger partial charge in [0.2, 0.25) is 5.91 Å². The quantitative estimate of drug-likeness (QED) is 0.255. The third kappa shape index (κ3) is 7.17. The number of hydrogen-bond donors (Lipinski definition) is 0. The topological polar surface area (TPSA) is 55.8 Å². The second-order valence-corrected chi connectivity index (χ2v) is 15.4. The van der Waals surface area contributed by atoms with Crippen molar-refractivity contribution in [2.75, 3.05) is 26.3 Å². The number of carbonyl (C=O) groups is 2. The lowest BCUT2D eigenvalue weighted by Gasteiger charge is -2.37. The van der Waals surface area contributed by atoms with Crippen molar-refractivity contribution in [2.45, 2.75) is 84.4 Å². The number of unbranched alkanes of at least 4 members (excludes halogenated alkanes) is 1. The van der Waals surface area contributed by atoms with E-state index in [0.29, 0.717) is 50.7 Å². The van der Waals surface area contributed by atoms with Gasteiger partial charge in [-0.3, -0.25) is 9.59 Å². The second-order valence-electron chi connectivity index (χ2n) is 10.6. The molecule has 1 aliphatic rings. The van der Waals surface area contributed by atoms with Crippen molar-refractivity contribution in [3.8, 4) is 0 Å². The van der Waals surface area contributed by atoms with Crippen LogP contribution in [0.3, 0.4) is 0 Å². The zero-order valence-corrected chi connectivity index (χ0v) is 22.2. The molecule has 0 bridgehead atoms. The van der Waals surface area contributed by atoms with Gasteiger partial charge in [-0.25, -0.2) is 0 Å². The second kappa shape index (κ2) is 11.5. The highest BCUT2D eigenvalue weighted by Crippen LogP contribution is 2.40. The van der Waals surface area contributed by atoms with E-state index in [2.05, 4.69) is 65.1 Å². The number of esters is 1. The van der Waals surface area contributed by atoms with Crippen LogP contribution in [0.25, 0.3) is 0 Å². The van der Waals surface area contributed by atoms with Crippen LogP contribution in [0, 0.1) is 12.8 Å². The Morgan fingerprint density at radius 2 is 1.75 bits per heavy atom. The van der Waals surface area contributed by atoms with Crippen molar-refractivity contribution in [1.82, 2.24) is 4.90 Å². The summed E-state index contributed by atoms with van der Waals surface area (Å²) in [6.07, 6.45) is 2.28. The molecular weight excluding hydrogens is 418 g/mol. The summed E-state index contributed by atoms with van der Waals surface area (Å²) in [6.45, 7) is 17.9. The lowest BCUT2D eigenvalue weighted by atomic mass is 9.87. The number of aryl methyl sites for hydroxylation is 1. The molecule has 0 N–H and O–H groups in total. The number of likely N-dealkylation sites (tertiary alicyclic amines) is 1. The maximum absolute atomic E-state index is 13.0. The molecule has 2 atom stereocenters. The van der Waals surface area contributed by atoms with Crippen molar-refractivity contribution >= 4 is 20.2 Å². The van der Waals surface area contributed by atoms with Crippen LogP contribution in [-0.2, 0) is 18.8 Å². The van der Waals surface area contributed by atoms with Crippen LogP contribution in [0.5, 0.6) is 0 Å². The molecule has 2 unspecified atom stereocenters. The van der Waals surface area contributed by atoms with Gasteiger partial charge >= 0.3 is 5.97 Å². The SMILES string of the molecule is CCOC(=O)CCCCC(=O)N1CC(CO[Si](C)(C)C(C)(C)C)C(c2ccccc2C)C1. The van der Waals surface area contributed by atoms with Crippen LogP contribution in [0.2, 0.25) is 18.1 Å². The standard InChI is InChI=1S/C26H43NO4Si/c1-8-30-25(29)16-12-11-15-24(28)27-17-21(19-31-32(6,7)26(3,4)5)23(18-27)22-14-10-9-13-20(22)2/h9-10,13-14,21,23H,8,11-12,15-19H2,1-7H3. The summed E-state index contributed by atoms with van der Waals surface area (Å²) in [5.74, 6) is 0.601. The third-order valence-corrected chi connectivity index (χ3v) is 11.7. The van der Waals surface area contributed by atoms with E-state index in [-0.39, 0.29) is 16.9 Å². The number of carbonyl (C=O) groups excluding carboxylic acids is 2. The van der Waals surface area contributed by atoms with Gasteiger partial charge < -0.3 is 14.1 Å². The summed E-state index contributed by atoms with van der Waals surface area (Å²) in [4.78, 5) is 26.5. The zero-order chi connectivity index (χ0) is 23.9. The summed E-state index contributed by atoms with van der Waals surface area (Å²) in [6, 6.07) is 8.52. The first-order valence-electron chi connectivity index (χ1n) is 12.1. The monoisotopic (exact) mass is 461 g/mol. The van der Waals surface area contributed by atoms with Crippen molar-refractivity contribution in [3.63, 3.8) is 0 Å². The van der Waals surface area contributed by atoms with Gasteiger partial charge in [0.1, 0.15) is 0 Å². The fourth-order valence-corrected chi connectivity index (χ4v) is 5.13. The maximum atomic E-state index is 13.0. The fraction of sp³-hybridized carbons (Fsp3) is 0.692. The van der Waals surface area contributed by atoms with Gasteiger partial charge in [-0.05, 0) is 55.9 Å². The molecule has 180 valence electrons. The average molecular weight is 462 g/mol. The van der Waals surface area contributed by atoms with Gasteiger partial charge in [0.15, 0.2) is 8.32 Å². The van der Waals surface area contributed by atoms with Gasteiger partial charge in [-0.1, -0.05) is 45.0 Å². The maximum Gasteiger partial charge on any atom is 0.305 e. The van der Waals surface area contributed by atoms with E-state index < -0.39 is 8.32 Å². The molecule has 0 aromatic heterocycles. The molecule has 1 aromatic rings. The normalized spacial score (nSPS) is 19.3. The molecule has 0 saturated carbocycles. The molecule has 6 heteroatoms. The molecular formula is C26H43NO4Si. The van der Waals surface area contributed by atoms with Crippen LogP contribution < -0.4 is 0 Å². The molecule has 1 fully saturated rings. The number of rotatable bonds is 10. The average Bonchev–Trinajstić information content (AvgIpc) is 3.13. The van der Waals surface area contributed by atoms with Crippen LogP contribution in [0.1, 0.15) is 70.4 Å². The molecule has 32 heavy (non-hydrogen) atoms. The van der Waals surface area contributed by atoms with Crippen molar-refractivity contribution in [3.05, 3.63) is 35.4 Å². The fourth-order valence-electron chi connectivity index (χ4n) is 4.07. The van der Waals surface area contributed by atoms with E-state index in [9.17, 15) is 9.59 Å². The van der Waals surface area contributed by atoms with Crippen molar-refractivity contribution in [2.24, 2.45) is 5.92 Å². The molecule has 5 nitrogen and oxygen atoms in total. The van der Waals surface area contributed by atoms with E-state index in [1.165, 1.54) is 11.1 Å². The van der Waals surface area contributed by atoms with E-state index in [0.717, 1.165) is 13.1 Å². The number of hydrogen-bond acceptors (Lipinski definition) is 4. The minimum atomic E-state index is -1.86. The van der Waals surface area contributed by atoms with Crippen LogP contribution >= 0.6 is 0 Å². The van der Waals surface area contributed by atoms with E-state index in [4.69, 9.17) is 9.16 Å². The summed E-state index contributed by atoms with van der Waals surface area (Å²) in [5.41, 5.74) is 2.60. The lowest BCUT2D eigenvalue weighted by Crippen LogP contribution is -2.42. The molecule has 0 spiro atoms. The third-order valence-electron chi connectivity index (χ3n) is 7.17. The van der Waals surface area contributed by atoms with Gasteiger partial charge in [-0.2, -0.15) is 0 Å². The summed E-state index contributed by atoms with van der Waals surface area (Å²) < 4.78 is 11.6. The van der Waals surface area contributed by atoms with E-state index in [1.807, 2.05) is 11.8 Å². The smallest absolute Gasteiger partial charge is 0.305 e. The molecule has 1 aromatic carbocycles. The van der Waals surface area contributed by atoms with Gasteiger partial charge in [0, 0.05) is 44.4 Å². The van der Waals surface area contributed by atoms with Crippen LogP contribution in [0.15, 0.2) is 24.3 Å². The highest BCUT2D eigenvalue weighted by atomic mass is 28.4. The summed E-state index contributed by atoms with van der Waals surface area (Å²) in [5, 5.41) is 0.165. The van der Waals surface area contributed by atoms with Gasteiger partial charge in [0.25, 0.3) is 0 Å². The highest BCUT2D eigenvalue weighted by Gasteiger charge is 2.41. The summed E-state index contributed by atoms with van der Waals surface area (Å²) >= 11 is 0. The Morgan fingerprint density at radius 3 is 2.38 bits per heavy atom. The van der Waals surface area contributed by atoms with Crippen LogP contribution in [-0.4, -0.2) is 51.4 Å². The van der Waals surface area contributed by atoms with Crippen molar-refractivity contribution < 1.29 is 18.8 Å². The highest BCUT2D eigenvalue weighted by molar-refractivity contribution is 6.74. The van der Waals surface area contributed by atoms with E-state index in [1.54, 1.807) is 0 Å². The molecule has 1 heterocycles.